The molecule has 4 aliphatic carbocycles. The first-order valence-corrected chi connectivity index (χ1v) is 23.6. The van der Waals surface area contributed by atoms with Crippen LogP contribution >= 0.6 is 0 Å². The molecular weight excluding hydrogens is 765 g/mol. The van der Waals surface area contributed by atoms with Gasteiger partial charge in [0.05, 0.1) is 0 Å². The highest BCUT2D eigenvalue weighted by molar-refractivity contribution is 5.87. The summed E-state index contributed by atoms with van der Waals surface area (Å²) in [5.74, 6) is 3.96. The van der Waals surface area contributed by atoms with E-state index < -0.39 is 23.7 Å². The first-order chi connectivity index (χ1) is 29.3. The van der Waals surface area contributed by atoms with Crippen LogP contribution < -0.4 is 11.2 Å². The van der Waals surface area contributed by atoms with Gasteiger partial charge in [0, 0.05) is 26.1 Å². The van der Waals surface area contributed by atoms with Crippen molar-refractivity contribution < 1.29 is 29.0 Å². The van der Waals surface area contributed by atoms with E-state index in [1.165, 1.54) is 50.5 Å². The SMILES string of the molecule is CC(C)CCC[C@@H](C)[C@H]1CC[C@H]2[C@@H]3CC=C4C[C@@](O)(C(=O)NN(CCCCN)CCCN(C(=O)OCc5ccccc5)C(=O)OCc5ccccc5)CC[C@]4(C)[C@H]3CC[C@]12C. The lowest BCUT2D eigenvalue weighted by Crippen LogP contribution is -2.58. The summed E-state index contributed by atoms with van der Waals surface area (Å²) in [6.07, 6.45) is 14.5. The molecule has 3 saturated carbocycles. The van der Waals surface area contributed by atoms with Gasteiger partial charge in [-0.3, -0.25) is 10.2 Å². The summed E-state index contributed by atoms with van der Waals surface area (Å²) < 4.78 is 11.1. The minimum absolute atomic E-state index is 0.00770. The van der Waals surface area contributed by atoms with Gasteiger partial charge in [-0.05, 0) is 128 Å². The lowest BCUT2D eigenvalue weighted by atomic mass is 9.46. The zero-order valence-corrected chi connectivity index (χ0v) is 37.9. The number of nitrogens with two attached hydrogens (primary N) is 1. The van der Waals surface area contributed by atoms with Gasteiger partial charge in [-0.2, -0.15) is 0 Å². The number of ether oxygens (including phenoxy) is 2. The van der Waals surface area contributed by atoms with Crippen LogP contribution in [0.4, 0.5) is 9.59 Å². The van der Waals surface area contributed by atoms with E-state index >= 15 is 0 Å². The van der Waals surface area contributed by atoms with Crippen LogP contribution in [0, 0.1) is 46.3 Å². The van der Waals surface area contributed by atoms with Crippen molar-refractivity contribution in [2.24, 2.45) is 52.1 Å². The summed E-state index contributed by atoms with van der Waals surface area (Å²) in [5, 5.41) is 13.9. The smallest absolute Gasteiger partial charge is 0.419 e. The van der Waals surface area contributed by atoms with Gasteiger partial charge in [-0.15, -0.1) is 0 Å². The topological polar surface area (TPSA) is 134 Å². The number of unbranched alkanes of at least 4 members (excludes halogenated alkanes) is 1. The van der Waals surface area contributed by atoms with E-state index in [2.05, 4.69) is 46.1 Å². The minimum atomic E-state index is -1.52. The minimum Gasteiger partial charge on any atom is -0.444 e. The number of amides is 3. The average Bonchev–Trinajstić information content (AvgIpc) is 3.61. The third-order valence-corrected chi connectivity index (χ3v) is 15.6. The van der Waals surface area contributed by atoms with E-state index in [4.69, 9.17) is 15.2 Å². The van der Waals surface area contributed by atoms with Crippen LogP contribution in [0.25, 0.3) is 0 Å². The maximum Gasteiger partial charge on any atom is 0.419 e. The summed E-state index contributed by atoms with van der Waals surface area (Å²) in [4.78, 5) is 41.8. The number of nitrogens with one attached hydrogen (secondary N) is 1. The molecule has 3 amide bonds. The zero-order valence-electron chi connectivity index (χ0n) is 37.9. The second-order valence-corrected chi connectivity index (χ2v) is 20.0. The van der Waals surface area contributed by atoms with Gasteiger partial charge >= 0.3 is 12.2 Å². The number of hydrazine groups is 1. The molecule has 336 valence electrons. The molecule has 10 heteroatoms. The van der Waals surface area contributed by atoms with Crippen LogP contribution in [0.1, 0.15) is 136 Å². The molecule has 0 radical (unpaired) electrons. The Morgan fingerprint density at radius 1 is 0.787 bits per heavy atom. The lowest BCUT2D eigenvalue weighted by Gasteiger charge is -2.59. The summed E-state index contributed by atoms with van der Waals surface area (Å²) in [6, 6.07) is 18.6. The fraction of sp³-hybridized carbons (Fsp3) is 0.667. The highest BCUT2D eigenvalue weighted by Gasteiger charge is 2.60. The molecule has 8 atom stereocenters. The van der Waals surface area contributed by atoms with E-state index in [-0.39, 0.29) is 25.2 Å². The van der Waals surface area contributed by atoms with Gasteiger partial charge in [0.25, 0.3) is 5.91 Å². The fourth-order valence-electron chi connectivity index (χ4n) is 12.1. The molecule has 2 aromatic carbocycles. The average molecular weight is 841 g/mol. The second kappa shape index (κ2) is 21.1. The molecule has 6 rings (SSSR count). The molecule has 0 saturated heterocycles. The number of nitrogens with zero attached hydrogens (tertiary/aromatic N) is 2. The number of allylic oxidation sites excluding steroid dienone is 1. The van der Waals surface area contributed by atoms with Crippen molar-refractivity contribution >= 4 is 18.1 Å². The van der Waals surface area contributed by atoms with Gasteiger partial charge in [0.1, 0.15) is 18.8 Å². The summed E-state index contributed by atoms with van der Waals surface area (Å²) in [5.41, 5.74) is 10.6. The van der Waals surface area contributed by atoms with Gasteiger partial charge in [0.15, 0.2) is 0 Å². The Kier molecular flexibility index (Phi) is 16.2. The number of carbonyl (C=O) groups excluding carboxylic acids is 3. The Bertz CT molecular complexity index is 1720. The van der Waals surface area contributed by atoms with Gasteiger partial charge in [-0.1, -0.05) is 126 Å². The first-order valence-electron chi connectivity index (χ1n) is 23.6. The van der Waals surface area contributed by atoms with Crippen LogP contribution in [-0.4, -0.2) is 64.9 Å². The number of aliphatic hydroxyl groups is 1. The van der Waals surface area contributed by atoms with E-state index in [1.807, 2.05) is 60.7 Å². The third-order valence-electron chi connectivity index (χ3n) is 15.6. The molecule has 0 aliphatic heterocycles. The Hall–Kier alpha value is -3.73. The molecular formula is C51H76N4O6. The van der Waals surface area contributed by atoms with Crippen LogP contribution in [0.15, 0.2) is 72.3 Å². The largest absolute Gasteiger partial charge is 0.444 e. The highest BCUT2D eigenvalue weighted by atomic mass is 16.6. The van der Waals surface area contributed by atoms with E-state index in [9.17, 15) is 19.5 Å². The predicted molar refractivity (Wildman–Crippen MR) is 241 cm³/mol. The molecule has 4 N–H and O–H groups in total. The van der Waals surface area contributed by atoms with Crippen LogP contribution in [0.2, 0.25) is 0 Å². The molecule has 4 aliphatic rings. The number of rotatable bonds is 19. The maximum atomic E-state index is 14.2. The summed E-state index contributed by atoms with van der Waals surface area (Å²) >= 11 is 0. The Morgan fingerprint density at radius 2 is 1.43 bits per heavy atom. The first kappa shape index (κ1) is 46.8. The van der Waals surface area contributed by atoms with E-state index in [1.54, 1.807) is 5.01 Å². The van der Waals surface area contributed by atoms with E-state index in [0.717, 1.165) is 65.4 Å². The van der Waals surface area contributed by atoms with Crippen molar-refractivity contribution in [1.82, 2.24) is 15.3 Å². The number of fused-ring (bicyclic) bond motifs is 5. The van der Waals surface area contributed by atoms with Crippen LogP contribution in [0.3, 0.4) is 0 Å². The van der Waals surface area contributed by atoms with Crippen LogP contribution in [0.5, 0.6) is 0 Å². The molecule has 10 nitrogen and oxygen atoms in total. The Morgan fingerprint density at radius 3 is 2.05 bits per heavy atom. The quantitative estimate of drug-likeness (QED) is 0.0723. The van der Waals surface area contributed by atoms with E-state index in [0.29, 0.717) is 56.1 Å². The normalized spacial score (nSPS) is 28.6. The molecule has 61 heavy (non-hydrogen) atoms. The number of hydrogen-bond donors (Lipinski definition) is 3. The van der Waals surface area contributed by atoms with Crippen molar-refractivity contribution in [2.75, 3.05) is 26.2 Å². The van der Waals surface area contributed by atoms with Crippen molar-refractivity contribution in [3.8, 4) is 0 Å². The molecule has 2 aromatic rings. The molecule has 0 unspecified atom stereocenters. The fourth-order valence-corrected chi connectivity index (χ4v) is 12.1. The molecule has 0 bridgehead atoms. The second-order valence-electron chi connectivity index (χ2n) is 20.0. The van der Waals surface area contributed by atoms with Gasteiger partial charge in [0.2, 0.25) is 0 Å². The highest BCUT2D eigenvalue weighted by Crippen LogP contribution is 2.67. The summed E-state index contributed by atoms with van der Waals surface area (Å²) in [7, 11) is 0. The van der Waals surface area contributed by atoms with Gasteiger partial charge in [-0.25, -0.2) is 19.5 Å². The number of carbonyl (C=O) groups is 3. The van der Waals surface area contributed by atoms with Crippen molar-refractivity contribution in [3.63, 3.8) is 0 Å². The zero-order chi connectivity index (χ0) is 43.6. The Balaban J connectivity index is 1.08. The molecule has 3 fully saturated rings. The molecule has 0 aromatic heterocycles. The molecule has 0 spiro atoms. The molecule has 0 heterocycles. The summed E-state index contributed by atoms with van der Waals surface area (Å²) in [6.45, 7) is 13.7. The number of imide groups is 1. The van der Waals surface area contributed by atoms with Crippen LogP contribution in [-0.2, 0) is 27.5 Å². The van der Waals surface area contributed by atoms with Crippen molar-refractivity contribution in [2.45, 2.75) is 143 Å². The van der Waals surface area contributed by atoms with Gasteiger partial charge < -0.3 is 20.3 Å². The maximum absolute atomic E-state index is 14.2. The number of hydrogen-bond acceptors (Lipinski definition) is 8. The van der Waals surface area contributed by atoms with Crippen molar-refractivity contribution in [3.05, 3.63) is 83.4 Å². The lowest BCUT2D eigenvalue weighted by molar-refractivity contribution is -0.150. The standard InChI is InChI=1S/C51H76N4O6/c1-37(2)16-14-17-38(3)43-24-25-44-42-23-22-41-34-51(59,29-28-49(41,4)45(42)26-27-50(43,44)5)46(56)53-54(31-13-12-30-52)32-15-33-55(47(57)60-35-39-18-8-6-9-19-39)48(58)61-36-40-20-10-7-11-21-40/h6-11,18-22,37-38,42-45,59H,12-17,23-36,52H2,1-5H3,(H,53,56)/t38-,42+,43-,44+,45+,49+,50-,51-/m1/s1. The number of benzene rings is 2. The monoisotopic (exact) mass is 841 g/mol. The Labute approximate surface area is 366 Å². The predicted octanol–water partition coefficient (Wildman–Crippen LogP) is 10.2. The van der Waals surface area contributed by atoms with Crippen molar-refractivity contribution in [1.29, 1.82) is 0 Å². The third kappa shape index (κ3) is 11.3.